The van der Waals surface area contributed by atoms with Gasteiger partial charge in [0.05, 0.1) is 21.0 Å². The molecule has 2 aromatic heterocycles. The Morgan fingerprint density at radius 1 is 1.60 bits per heavy atom. The second-order valence-electron chi connectivity index (χ2n) is 2.98. The smallest absolute Gasteiger partial charge is 0.128 e. The molecule has 0 atom stereocenters. The predicted molar refractivity (Wildman–Crippen MR) is 63.9 cm³/mol. The lowest BCUT2D eigenvalue weighted by molar-refractivity contribution is 1.16. The normalized spacial score (nSPS) is 10.1. The van der Waals surface area contributed by atoms with Gasteiger partial charge < -0.3 is 5.73 Å². The van der Waals surface area contributed by atoms with Crippen LogP contribution >= 0.6 is 22.7 Å². The van der Waals surface area contributed by atoms with Gasteiger partial charge in [-0.25, -0.2) is 0 Å². The molecule has 0 aliphatic rings. The highest BCUT2D eigenvalue weighted by Crippen LogP contribution is 2.39. The summed E-state index contributed by atoms with van der Waals surface area (Å²) >= 11 is 3.03. The third kappa shape index (κ3) is 1.62. The standard InChI is InChI=1S/C10H9N3S2/c1-2-6-9(12)7(3-11)15-10(6)8-4-13-5-14-8/h4-5H,2,12H2,1H3. The largest absolute Gasteiger partial charge is 0.397 e. The first-order valence-electron chi connectivity index (χ1n) is 4.48. The molecule has 2 aromatic rings. The van der Waals surface area contributed by atoms with Crippen LogP contribution < -0.4 is 5.73 Å². The average molecular weight is 235 g/mol. The topological polar surface area (TPSA) is 62.7 Å². The minimum Gasteiger partial charge on any atom is -0.397 e. The van der Waals surface area contributed by atoms with Crippen molar-refractivity contribution in [3.8, 4) is 15.8 Å². The first kappa shape index (κ1) is 10.1. The molecular weight excluding hydrogens is 226 g/mol. The SMILES string of the molecule is CCc1c(-c2cncs2)sc(C#N)c1N. The Morgan fingerprint density at radius 2 is 2.40 bits per heavy atom. The first-order chi connectivity index (χ1) is 7.27. The lowest BCUT2D eigenvalue weighted by atomic mass is 10.1. The quantitative estimate of drug-likeness (QED) is 0.870. The van der Waals surface area contributed by atoms with E-state index in [2.05, 4.69) is 11.1 Å². The van der Waals surface area contributed by atoms with E-state index in [9.17, 15) is 0 Å². The summed E-state index contributed by atoms with van der Waals surface area (Å²) in [6, 6.07) is 2.13. The Morgan fingerprint density at radius 3 is 2.93 bits per heavy atom. The van der Waals surface area contributed by atoms with Crippen molar-refractivity contribution in [2.45, 2.75) is 13.3 Å². The van der Waals surface area contributed by atoms with E-state index in [1.807, 2.05) is 13.1 Å². The molecular formula is C10H9N3S2. The fourth-order valence-corrected chi connectivity index (χ4v) is 3.31. The molecule has 0 aliphatic carbocycles. The van der Waals surface area contributed by atoms with E-state index < -0.39 is 0 Å². The van der Waals surface area contributed by atoms with E-state index in [4.69, 9.17) is 11.0 Å². The zero-order valence-corrected chi connectivity index (χ0v) is 9.78. The summed E-state index contributed by atoms with van der Waals surface area (Å²) in [5.41, 5.74) is 9.39. The van der Waals surface area contributed by atoms with E-state index in [1.165, 1.54) is 11.3 Å². The van der Waals surface area contributed by atoms with Crippen molar-refractivity contribution in [2.24, 2.45) is 0 Å². The molecule has 0 aromatic carbocycles. The lowest BCUT2D eigenvalue weighted by Crippen LogP contribution is -1.90. The highest BCUT2D eigenvalue weighted by molar-refractivity contribution is 7.22. The Balaban J connectivity index is 2.63. The summed E-state index contributed by atoms with van der Waals surface area (Å²) in [6.07, 6.45) is 2.66. The highest BCUT2D eigenvalue weighted by Gasteiger charge is 2.16. The van der Waals surface area contributed by atoms with Gasteiger partial charge in [0.15, 0.2) is 0 Å². The molecule has 2 N–H and O–H groups in total. The number of nitrogens with zero attached hydrogens (tertiary/aromatic N) is 2. The predicted octanol–water partition coefficient (Wildman–Crippen LogP) is 2.89. The summed E-state index contributed by atoms with van der Waals surface area (Å²) in [5.74, 6) is 0. The van der Waals surface area contributed by atoms with E-state index in [1.54, 1.807) is 16.8 Å². The van der Waals surface area contributed by atoms with Crippen LogP contribution in [0.5, 0.6) is 0 Å². The van der Waals surface area contributed by atoms with Crippen LogP contribution in [0.3, 0.4) is 0 Å². The zero-order valence-electron chi connectivity index (χ0n) is 8.15. The number of nitrogens with two attached hydrogens (primary N) is 1. The van der Waals surface area contributed by atoms with Crippen LogP contribution in [0.1, 0.15) is 17.4 Å². The van der Waals surface area contributed by atoms with Gasteiger partial charge in [-0.05, 0) is 12.0 Å². The summed E-state index contributed by atoms with van der Waals surface area (Å²) in [5, 5.41) is 8.92. The molecule has 0 saturated carbocycles. The number of aromatic nitrogens is 1. The van der Waals surface area contributed by atoms with Crippen LogP contribution in [0.15, 0.2) is 11.7 Å². The van der Waals surface area contributed by atoms with Crippen LogP contribution in [0, 0.1) is 11.3 Å². The van der Waals surface area contributed by atoms with Gasteiger partial charge in [-0.1, -0.05) is 6.92 Å². The molecule has 0 saturated heterocycles. The Hall–Kier alpha value is -1.38. The second kappa shape index (κ2) is 4.01. The van der Waals surface area contributed by atoms with Crippen molar-refractivity contribution in [2.75, 3.05) is 5.73 Å². The third-order valence-electron chi connectivity index (χ3n) is 2.16. The highest BCUT2D eigenvalue weighted by atomic mass is 32.1. The molecule has 3 nitrogen and oxygen atoms in total. The summed E-state index contributed by atoms with van der Waals surface area (Å²) in [4.78, 5) is 6.83. The summed E-state index contributed by atoms with van der Waals surface area (Å²) < 4.78 is 0. The molecule has 0 spiro atoms. The molecule has 2 rings (SSSR count). The minimum absolute atomic E-state index is 0.607. The number of anilines is 1. The van der Waals surface area contributed by atoms with Gasteiger partial charge in [0.1, 0.15) is 10.9 Å². The van der Waals surface area contributed by atoms with E-state index in [0.717, 1.165) is 21.7 Å². The lowest BCUT2D eigenvalue weighted by Gasteiger charge is -1.97. The van der Waals surface area contributed by atoms with Gasteiger partial charge >= 0.3 is 0 Å². The van der Waals surface area contributed by atoms with Gasteiger partial charge in [0, 0.05) is 6.20 Å². The third-order valence-corrected chi connectivity index (χ3v) is 4.26. The van der Waals surface area contributed by atoms with Crippen molar-refractivity contribution in [1.82, 2.24) is 4.98 Å². The maximum absolute atomic E-state index is 8.92. The zero-order chi connectivity index (χ0) is 10.8. The number of nitrogen functional groups attached to an aromatic ring is 1. The molecule has 0 fully saturated rings. The molecule has 0 bridgehead atoms. The monoisotopic (exact) mass is 235 g/mol. The van der Waals surface area contributed by atoms with Crippen LogP contribution in [-0.4, -0.2) is 4.98 Å². The summed E-state index contributed by atoms with van der Waals surface area (Å²) in [6.45, 7) is 2.05. The average Bonchev–Trinajstić information content (AvgIpc) is 2.84. The first-order valence-corrected chi connectivity index (χ1v) is 6.17. The Labute approximate surface area is 95.8 Å². The number of hydrogen-bond acceptors (Lipinski definition) is 5. The second-order valence-corrected chi connectivity index (χ2v) is 4.89. The Kier molecular flexibility index (Phi) is 2.71. The number of nitriles is 1. The molecule has 0 amide bonds. The van der Waals surface area contributed by atoms with Crippen molar-refractivity contribution in [1.29, 1.82) is 5.26 Å². The molecule has 0 unspecified atom stereocenters. The van der Waals surface area contributed by atoms with Gasteiger partial charge in [0.2, 0.25) is 0 Å². The van der Waals surface area contributed by atoms with Crippen molar-refractivity contribution in [3.63, 3.8) is 0 Å². The number of hydrogen-bond donors (Lipinski definition) is 1. The van der Waals surface area contributed by atoms with E-state index in [-0.39, 0.29) is 0 Å². The van der Waals surface area contributed by atoms with Gasteiger partial charge in [-0.15, -0.1) is 22.7 Å². The van der Waals surface area contributed by atoms with Crippen LogP contribution in [0.4, 0.5) is 5.69 Å². The molecule has 0 aliphatic heterocycles. The van der Waals surface area contributed by atoms with Crippen molar-refractivity contribution < 1.29 is 0 Å². The number of thiophene rings is 1. The Bertz CT molecular complexity index is 506. The van der Waals surface area contributed by atoms with Crippen molar-refractivity contribution >= 4 is 28.4 Å². The maximum atomic E-state index is 8.92. The molecule has 0 radical (unpaired) electrons. The molecule has 2 heterocycles. The van der Waals surface area contributed by atoms with Crippen molar-refractivity contribution in [3.05, 3.63) is 22.1 Å². The fourth-order valence-electron chi connectivity index (χ4n) is 1.44. The van der Waals surface area contributed by atoms with E-state index >= 15 is 0 Å². The van der Waals surface area contributed by atoms with Gasteiger partial charge in [-0.2, -0.15) is 5.26 Å². The molecule has 15 heavy (non-hydrogen) atoms. The maximum Gasteiger partial charge on any atom is 0.128 e. The number of rotatable bonds is 2. The minimum atomic E-state index is 0.607. The van der Waals surface area contributed by atoms with Crippen LogP contribution in [0.25, 0.3) is 9.75 Å². The molecule has 76 valence electrons. The summed E-state index contributed by atoms with van der Waals surface area (Å²) in [7, 11) is 0. The molecule has 5 heteroatoms. The van der Waals surface area contributed by atoms with Crippen LogP contribution in [0.2, 0.25) is 0 Å². The van der Waals surface area contributed by atoms with Crippen LogP contribution in [-0.2, 0) is 6.42 Å². The van der Waals surface area contributed by atoms with Gasteiger partial charge in [0.25, 0.3) is 0 Å². The fraction of sp³-hybridized carbons (Fsp3) is 0.200. The number of thiazole rings is 1. The van der Waals surface area contributed by atoms with E-state index in [0.29, 0.717) is 10.6 Å². The van der Waals surface area contributed by atoms with Gasteiger partial charge in [-0.3, -0.25) is 4.98 Å².